The summed E-state index contributed by atoms with van der Waals surface area (Å²) in [7, 11) is 0. The van der Waals surface area contributed by atoms with Crippen LogP contribution in [0.1, 0.15) is 24.5 Å². The molecular weight excluding hydrogens is 192 g/mol. The van der Waals surface area contributed by atoms with Crippen LogP contribution in [0.3, 0.4) is 0 Å². The molecule has 0 amide bonds. The number of esters is 1. The number of hydrogen-bond donors (Lipinski definition) is 1. The maximum atomic E-state index is 10.9. The Bertz CT molecular complexity index is 324. The van der Waals surface area contributed by atoms with E-state index in [-0.39, 0.29) is 11.9 Å². The van der Waals surface area contributed by atoms with Crippen LogP contribution in [0.25, 0.3) is 0 Å². The van der Waals surface area contributed by atoms with Crippen molar-refractivity contribution in [2.24, 2.45) is 5.92 Å². The van der Waals surface area contributed by atoms with Gasteiger partial charge in [0, 0.05) is 12.3 Å². The number of benzene rings is 1. The fourth-order valence-corrected chi connectivity index (χ4v) is 1.83. The molecule has 15 heavy (non-hydrogen) atoms. The average Bonchev–Trinajstić information content (AvgIpc) is 2.30. The van der Waals surface area contributed by atoms with Gasteiger partial charge in [0.25, 0.3) is 0 Å². The molecule has 80 valence electrons. The molecule has 2 rings (SSSR count). The van der Waals surface area contributed by atoms with E-state index in [0.717, 1.165) is 5.56 Å². The van der Waals surface area contributed by atoms with Gasteiger partial charge in [-0.1, -0.05) is 30.3 Å². The van der Waals surface area contributed by atoms with Crippen molar-refractivity contribution in [3.8, 4) is 0 Å². The van der Waals surface area contributed by atoms with Crippen molar-refractivity contribution in [2.75, 3.05) is 6.61 Å². The van der Waals surface area contributed by atoms with Crippen molar-refractivity contribution in [3.05, 3.63) is 35.9 Å². The largest absolute Gasteiger partial charge is 0.465 e. The third-order valence-corrected chi connectivity index (χ3v) is 2.77. The Kier molecular flexibility index (Phi) is 3.02. The van der Waals surface area contributed by atoms with E-state index in [4.69, 9.17) is 4.74 Å². The van der Waals surface area contributed by atoms with Crippen LogP contribution in [0, 0.1) is 5.92 Å². The number of hydrogen-bond acceptors (Lipinski definition) is 3. The minimum atomic E-state index is -0.528. The van der Waals surface area contributed by atoms with Gasteiger partial charge in [0.1, 0.15) is 0 Å². The standard InChI is InChI=1S/C12H14O3/c13-11-7-6-10(8-15-11)12(14)9-4-2-1-3-5-9/h1-5,10,12,14H,6-8H2/t10-,12+/m0/s1. The first-order chi connectivity index (χ1) is 7.27. The van der Waals surface area contributed by atoms with Crippen LogP contribution in [-0.4, -0.2) is 17.7 Å². The van der Waals surface area contributed by atoms with Crippen molar-refractivity contribution in [2.45, 2.75) is 18.9 Å². The van der Waals surface area contributed by atoms with E-state index in [0.29, 0.717) is 19.4 Å². The minimum Gasteiger partial charge on any atom is -0.465 e. The molecule has 1 fully saturated rings. The molecule has 0 saturated carbocycles. The smallest absolute Gasteiger partial charge is 0.305 e. The molecule has 0 radical (unpaired) electrons. The Morgan fingerprint density at radius 2 is 2.07 bits per heavy atom. The molecule has 1 aliphatic rings. The van der Waals surface area contributed by atoms with E-state index in [1.54, 1.807) is 0 Å². The summed E-state index contributed by atoms with van der Waals surface area (Å²) in [5.74, 6) is -0.128. The van der Waals surface area contributed by atoms with Gasteiger partial charge in [-0.15, -0.1) is 0 Å². The molecule has 0 spiro atoms. The minimum absolute atomic E-state index is 0.0325. The lowest BCUT2D eigenvalue weighted by molar-refractivity contribution is -0.152. The molecule has 0 unspecified atom stereocenters. The van der Waals surface area contributed by atoms with E-state index < -0.39 is 6.10 Å². The molecule has 3 nitrogen and oxygen atoms in total. The Morgan fingerprint density at radius 1 is 1.33 bits per heavy atom. The highest BCUT2D eigenvalue weighted by Crippen LogP contribution is 2.28. The molecule has 3 heteroatoms. The molecule has 0 aromatic heterocycles. The maximum Gasteiger partial charge on any atom is 0.305 e. The van der Waals surface area contributed by atoms with Crippen LogP contribution in [0.4, 0.5) is 0 Å². The van der Waals surface area contributed by atoms with E-state index in [9.17, 15) is 9.90 Å². The molecule has 1 saturated heterocycles. The van der Waals surface area contributed by atoms with Gasteiger partial charge in [0.15, 0.2) is 0 Å². The quantitative estimate of drug-likeness (QED) is 0.749. The van der Waals surface area contributed by atoms with Crippen molar-refractivity contribution < 1.29 is 14.6 Å². The van der Waals surface area contributed by atoms with Crippen molar-refractivity contribution in [1.82, 2.24) is 0 Å². The third-order valence-electron chi connectivity index (χ3n) is 2.77. The first-order valence-corrected chi connectivity index (χ1v) is 5.16. The van der Waals surface area contributed by atoms with Gasteiger partial charge in [0.2, 0.25) is 0 Å². The number of carbonyl (C=O) groups excluding carboxylic acids is 1. The average molecular weight is 206 g/mol. The molecule has 2 atom stereocenters. The molecule has 1 aliphatic heterocycles. The highest BCUT2D eigenvalue weighted by molar-refractivity contribution is 5.70. The third kappa shape index (κ3) is 2.36. The first kappa shape index (κ1) is 10.2. The lowest BCUT2D eigenvalue weighted by Crippen LogP contribution is -2.26. The van der Waals surface area contributed by atoms with Gasteiger partial charge in [-0.05, 0) is 12.0 Å². The van der Waals surface area contributed by atoms with Crippen LogP contribution in [0.2, 0.25) is 0 Å². The zero-order valence-corrected chi connectivity index (χ0v) is 8.43. The number of ether oxygens (including phenoxy) is 1. The predicted octanol–water partition coefficient (Wildman–Crippen LogP) is 1.67. The van der Waals surface area contributed by atoms with Crippen LogP contribution in [-0.2, 0) is 9.53 Å². The predicted molar refractivity (Wildman–Crippen MR) is 55.1 cm³/mol. The molecular formula is C12H14O3. The Labute approximate surface area is 88.7 Å². The van der Waals surface area contributed by atoms with Gasteiger partial charge in [0.05, 0.1) is 12.7 Å². The fourth-order valence-electron chi connectivity index (χ4n) is 1.83. The second-order valence-corrected chi connectivity index (χ2v) is 3.84. The van der Waals surface area contributed by atoms with Crippen LogP contribution in [0.5, 0.6) is 0 Å². The zero-order valence-electron chi connectivity index (χ0n) is 8.43. The van der Waals surface area contributed by atoms with E-state index in [2.05, 4.69) is 0 Å². The van der Waals surface area contributed by atoms with Gasteiger partial charge < -0.3 is 9.84 Å². The van der Waals surface area contributed by atoms with E-state index >= 15 is 0 Å². The fraction of sp³-hybridized carbons (Fsp3) is 0.417. The maximum absolute atomic E-state index is 10.9. The Hall–Kier alpha value is -1.35. The number of aliphatic hydroxyl groups is 1. The van der Waals surface area contributed by atoms with Gasteiger partial charge >= 0.3 is 5.97 Å². The number of rotatable bonds is 2. The summed E-state index contributed by atoms with van der Waals surface area (Å²) in [5.41, 5.74) is 0.889. The highest BCUT2D eigenvalue weighted by atomic mass is 16.5. The lowest BCUT2D eigenvalue weighted by Gasteiger charge is -2.26. The molecule has 1 N–H and O–H groups in total. The normalized spacial score (nSPS) is 23.3. The molecule has 0 bridgehead atoms. The van der Waals surface area contributed by atoms with Gasteiger partial charge in [-0.2, -0.15) is 0 Å². The van der Waals surface area contributed by atoms with Crippen molar-refractivity contribution >= 4 is 5.97 Å². The number of aliphatic hydroxyl groups excluding tert-OH is 1. The number of cyclic esters (lactones) is 1. The highest BCUT2D eigenvalue weighted by Gasteiger charge is 2.26. The number of carbonyl (C=O) groups is 1. The first-order valence-electron chi connectivity index (χ1n) is 5.16. The summed E-state index contributed by atoms with van der Waals surface area (Å²) < 4.78 is 4.93. The summed E-state index contributed by atoms with van der Waals surface area (Å²) in [6.45, 7) is 0.328. The van der Waals surface area contributed by atoms with Gasteiger partial charge in [-0.25, -0.2) is 0 Å². The topological polar surface area (TPSA) is 46.5 Å². The molecule has 1 heterocycles. The van der Waals surface area contributed by atoms with E-state index in [1.165, 1.54) is 0 Å². The summed E-state index contributed by atoms with van der Waals surface area (Å²) >= 11 is 0. The second kappa shape index (κ2) is 4.45. The summed E-state index contributed by atoms with van der Waals surface area (Å²) in [4.78, 5) is 10.9. The monoisotopic (exact) mass is 206 g/mol. The Morgan fingerprint density at radius 3 is 2.67 bits per heavy atom. The SMILES string of the molecule is O=C1CC[C@H]([C@H](O)c2ccccc2)CO1. The van der Waals surface area contributed by atoms with E-state index in [1.807, 2.05) is 30.3 Å². The molecule has 1 aromatic rings. The van der Waals surface area contributed by atoms with Gasteiger partial charge in [-0.3, -0.25) is 4.79 Å². The van der Waals surface area contributed by atoms with Crippen LogP contribution >= 0.6 is 0 Å². The Balaban J connectivity index is 2.02. The second-order valence-electron chi connectivity index (χ2n) is 3.84. The van der Waals surface area contributed by atoms with Crippen LogP contribution in [0.15, 0.2) is 30.3 Å². The van der Waals surface area contributed by atoms with Crippen molar-refractivity contribution in [1.29, 1.82) is 0 Å². The summed E-state index contributed by atoms with van der Waals surface area (Å²) in [6.07, 6.45) is 0.586. The lowest BCUT2D eigenvalue weighted by atomic mass is 9.91. The summed E-state index contributed by atoms with van der Waals surface area (Å²) in [5, 5.41) is 10.0. The summed E-state index contributed by atoms with van der Waals surface area (Å²) in [6, 6.07) is 9.49. The molecule has 1 aromatic carbocycles. The molecule has 0 aliphatic carbocycles. The van der Waals surface area contributed by atoms with Crippen LogP contribution < -0.4 is 0 Å². The zero-order chi connectivity index (χ0) is 10.7. The van der Waals surface area contributed by atoms with Crippen molar-refractivity contribution in [3.63, 3.8) is 0 Å².